The first-order valence-corrected chi connectivity index (χ1v) is 12.5. The lowest BCUT2D eigenvalue weighted by Crippen LogP contribution is -2.44. The van der Waals surface area contributed by atoms with Crippen molar-refractivity contribution < 1.29 is 4.39 Å². The third-order valence-corrected chi connectivity index (χ3v) is 8.39. The first-order valence-electron chi connectivity index (χ1n) is 12.5. The van der Waals surface area contributed by atoms with Crippen molar-refractivity contribution >= 4 is 17.3 Å². The number of benzene rings is 1. The molecule has 4 aliphatic rings. The highest BCUT2D eigenvalue weighted by molar-refractivity contribution is 6.11. The molecule has 1 fully saturated rings. The zero-order chi connectivity index (χ0) is 23.6. The van der Waals surface area contributed by atoms with Crippen LogP contribution >= 0.6 is 0 Å². The lowest BCUT2D eigenvalue weighted by atomic mass is 9.73. The number of aliphatic imine (C=N–C) groups is 1. The van der Waals surface area contributed by atoms with Crippen LogP contribution in [0.4, 0.5) is 15.9 Å². The molecular weight excluding hydrogens is 441 g/mol. The predicted molar refractivity (Wildman–Crippen MR) is 133 cm³/mol. The first-order chi connectivity index (χ1) is 17.1. The Kier molecular flexibility index (Phi) is 4.67. The predicted octanol–water partition coefficient (Wildman–Crippen LogP) is 3.57. The Morgan fingerprint density at radius 3 is 2.77 bits per heavy atom. The van der Waals surface area contributed by atoms with E-state index in [-0.39, 0.29) is 17.3 Å². The monoisotopic (exact) mass is 469 g/mol. The van der Waals surface area contributed by atoms with Crippen LogP contribution in [0.15, 0.2) is 47.7 Å². The van der Waals surface area contributed by atoms with Crippen LogP contribution in [0.1, 0.15) is 53.5 Å². The van der Waals surface area contributed by atoms with Crippen molar-refractivity contribution in [1.82, 2.24) is 15.0 Å². The number of piperidine rings is 1. The van der Waals surface area contributed by atoms with Gasteiger partial charge < -0.3 is 15.5 Å². The average Bonchev–Trinajstić information content (AvgIpc) is 3.44. The lowest BCUT2D eigenvalue weighted by molar-refractivity contribution is 0.186. The van der Waals surface area contributed by atoms with Crippen LogP contribution in [0.25, 0.3) is 0 Å². The molecule has 0 amide bonds. The van der Waals surface area contributed by atoms with Crippen LogP contribution in [-0.2, 0) is 19.4 Å². The number of pyridine rings is 1. The number of amidine groups is 1. The quantitative estimate of drug-likeness (QED) is 0.587. The number of fused-ring (bicyclic) bond motifs is 3. The fourth-order valence-corrected chi connectivity index (χ4v) is 6.43. The summed E-state index contributed by atoms with van der Waals surface area (Å²) in [5.74, 6) is 1.68. The van der Waals surface area contributed by atoms with Gasteiger partial charge in [-0.25, -0.2) is 14.4 Å². The molecule has 178 valence electrons. The Morgan fingerprint density at radius 1 is 1.03 bits per heavy atom. The molecule has 3 aliphatic heterocycles. The number of aryl methyl sites for hydroxylation is 1. The van der Waals surface area contributed by atoms with Crippen molar-refractivity contribution in [3.05, 3.63) is 76.8 Å². The Balaban J connectivity index is 1.09. The van der Waals surface area contributed by atoms with Crippen molar-refractivity contribution in [2.45, 2.75) is 44.7 Å². The third kappa shape index (κ3) is 3.19. The number of nitrogens with zero attached hydrogens (tertiary/aromatic N) is 6. The minimum atomic E-state index is -0.121. The van der Waals surface area contributed by atoms with Gasteiger partial charge >= 0.3 is 0 Å². The van der Waals surface area contributed by atoms with E-state index in [0.717, 1.165) is 97.3 Å². The van der Waals surface area contributed by atoms with Crippen molar-refractivity contribution in [1.29, 1.82) is 0 Å². The number of hydrogen-bond acceptors (Lipinski definition) is 7. The van der Waals surface area contributed by atoms with Crippen LogP contribution in [0.5, 0.6) is 0 Å². The molecule has 0 unspecified atom stereocenters. The van der Waals surface area contributed by atoms with E-state index in [1.165, 1.54) is 0 Å². The summed E-state index contributed by atoms with van der Waals surface area (Å²) in [4.78, 5) is 23.7. The molecule has 2 N–H and O–H groups in total. The second-order valence-electron chi connectivity index (χ2n) is 10.2. The van der Waals surface area contributed by atoms with Crippen molar-refractivity contribution in [2.75, 3.05) is 29.4 Å². The van der Waals surface area contributed by atoms with E-state index >= 15 is 0 Å². The summed E-state index contributed by atoms with van der Waals surface area (Å²) in [5, 5.41) is 0. The van der Waals surface area contributed by atoms with Gasteiger partial charge in [0.25, 0.3) is 0 Å². The maximum Gasteiger partial charge on any atom is 0.156 e. The first kappa shape index (κ1) is 20.9. The molecule has 1 atom stereocenters. The molecule has 1 spiro atoms. The Morgan fingerprint density at radius 2 is 1.91 bits per heavy atom. The van der Waals surface area contributed by atoms with Crippen LogP contribution in [-0.4, -0.2) is 40.4 Å². The van der Waals surface area contributed by atoms with E-state index in [1.807, 2.05) is 24.5 Å². The number of rotatable bonds is 1. The Labute approximate surface area is 203 Å². The maximum absolute atomic E-state index is 14.4. The normalized spacial score (nSPS) is 22.1. The molecule has 2 aromatic heterocycles. The molecule has 8 heteroatoms. The van der Waals surface area contributed by atoms with Gasteiger partial charge in [0, 0.05) is 31.9 Å². The fourth-order valence-electron chi connectivity index (χ4n) is 6.43. The van der Waals surface area contributed by atoms with Gasteiger partial charge in [0.15, 0.2) is 5.84 Å². The zero-order valence-corrected chi connectivity index (χ0v) is 19.6. The minimum absolute atomic E-state index is 0.0723. The van der Waals surface area contributed by atoms with E-state index < -0.39 is 0 Å². The van der Waals surface area contributed by atoms with Crippen LogP contribution in [0.3, 0.4) is 0 Å². The van der Waals surface area contributed by atoms with Gasteiger partial charge in [0.1, 0.15) is 17.3 Å². The largest absolute Gasteiger partial charge is 0.355 e. The summed E-state index contributed by atoms with van der Waals surface area (Å²) in [5.41, 5.74) is 12.4. The standard InChI is InChI=1S/C27H28FN7/c28-19-5-1-4-17-18(19)14-27(25(17)29)8-12-34(13-9-27)23-16-31-24-21(33-23)15-32-26(24)35-11-3-6-20-22(35)7-2-10-30-20/h1-2,4-5,7,10,16,25H,3,6,8-9,11-15,29H2/t25-/m1/s1. The SMILES string of the molecule is N[C@@H]1c2cccc(F)c2CC12CCN(c1cnc3c(n1)CN=C3N1CCCc3ncccc31)CC2. The minimum Gasteiger partial charge on any atom is -0.355 e. The lowest BCUT2D eigenvalue weighted by Gasteiger charge is -2.42. The molecule has 0 bridgehead atoms. The van der Waals surface area contributed by atoms with Gasteiger partial charge in [-0.05, 0) is 66.8 Å². The smallest absolute Gasteiger partial charge is 0.156 e. The van der Waals surface area contributed by atoms with E-state index in [4.69, 9.17) is 20.7 Å². The van der Waals surface area contributed by atoms with E-state index in [1.54, 1.807) is 12.1 Å². The summed E-state index contributed by atoms with van der Waals surface area (Å²) < 4.78 is 14.4. The third-order valence-electron chi connectivity index (χ3n) is 8.39. The van der Waals surface area contributed by atoms with Gasteiger partial charge in [-0.1, -0.05) is 12.1 Å². The molecular formula is C27H28FN7. The molecule has 1 aromatic carbocycles. The van der Waals surface area contributed by atoms with E-state index in [0.29, 0.717) is 6.54 Å². The highest BCUT2D eigenvalue weighted by atomic mass is 19.1. The van der Waals surface area contributed by atoms with Crippen LogP contribution in [0, 0.1) is 11.2 Å². The summed E-state index contributed by atoms with van der Waals surface area (Å²) in [7, 11) is 0. The van der Waals surface area contributed by atoms with Gasteiger partial charge in [-0.3, -0.25) is 9.98 Å². The molecule has 3 aromatic rings. The Hall–Kier alpha value is -3.39. The molecule has 0 saturated carbocycles. The number of nitrogens with two attached hydrogens (primary N) is 1. The van der Waals surface area contributed by atoms with Crippen molar-refractivity contribution in [2.24, 2.45) is 16.1 Å². The van der Waals surface area contributed by atoms with E-state index in [9.17, 15) is 4.39 Å². The van der Waals surface area contributed by atoms with Crippen LogP contribution < -0.4 is 15.5 Å². The highest BCUT2D eigenvalue weighted by Crippen LogP contribution is 2.51. The summed E-state index contributed by atoms with van der Waals surface area (Å²) >= 11 is 0. The topological polar surface area (TPSA) is 83.5 Å². The fraction of sp³-hybridized carbons (Fsp3) is 0.407. The molecule has 35 heavy (non-hydrogen) atoms. The van der Waals surface area contributed by atoms with Gasteiger partial charge in [0.2, 0.25) is 0 Å². The molecule has 1 saturated heterocycles. The van der Waals surface area contributed by atoms with Gasteiger partial charge in [0.05, 0.1) is 29.8 Å². The van der Waals surface area contributed by atoms with Crippen molar-refractivity contribution in [3.8, 4) is 0 Å². The number of aromatic nitrogens is 3. The molecule has 5 heterocycles. The molecule has 1 aliphatic carbocycles. The van der Waals surface area contributed by atoms with Gasteiger partial charge in [-0.2, -0.15) is 0 Å². The summed E-state index contributed by atoms with van der Waals surface area (Å²) in [6.45, 7) is 3.15. The second kappa shape index (κ2) is 7.81. The maximum atomic E-state index is 14.4. The Bertz CT molecular complexity index is 1350. The average molecular weight is 470 g/mol. The molecule has 7 rings (SSSR count). The number of anilines is 2. The molecule has 0 radical (unpaired) electrons. The zero-order valence-electron chi connectivity index (χ0n) is 19.6. The van der Waals surface area contributed by atoms with Gasteiger partial charge in [-0.15, -0.1) is 0 Å². The van der Waals surface area contributed by atoms with E-state index in [2.05, 4.69) is 20.9 Å². The summed E-state index contributed by atoms with van der Waals surface area (Å²) in [6.07, 6.45) is 8.35. The second-order valence-corrected chi connectivity index (χ2v) is 10.2. The summed E-state index contributed by atoms with van der Waals surface area (Å²) in [6, 6.07) is 9.30. The highest BCUT2D eigenvalue weighted by Gasteiger charge is 2.47. The molecule has 7 nitrogen and oxygen atoms in total. The van der Waals surface area contributed by atoms with Crippen molar-refractivity contribution in [3.63, 3.8) is 0 Å². The number of hydrogen-bond donors (Lipinski definition) is 1. The van der Waals surface area contributed by atoms with Crippen LogP contribution in [0.2, 0.25) is 0 Å². The number of halogens is 1.